The zero-order valence-electron chi connectivity index (χ0n) is 21.1. The number of hydrogen-bond acceptors (Lipinski definition) is 8. The highest BCUT2D eigenvalue weighted by Gasteiger charge is 2.37. The lowest BCUT2D eigenvalue weighted by atomic mass is 9.77. The number of aromatic nitrogens is 1. The Bertz CT molecular complexity index is 1280. The van der Waals surface area contributed by atoms with E-state index in [-0.39, 0.29) is 30.5 Å². The van der Waals surface area contributed by atoms with Crippen LogP contribution in [0, 0.1) is 0 Å². The van der Waals surface area contributed by atoms with Crippen molar-refractivity contribution < 1.29 is 19.2 Å². The second-order valence-electron chi connectivity index (χ2n) is 8.12. The van der Waals surface area contributed by atoms with Crippen molar-refractivity contribution in [2.75, 3.05) is 25.6 Å². The molecule has 0 saturated heterocycles. The number of thiazole rings is 1. The number of benzene rings is 3. The molecule has 0 spiro atoms. The number of hydrogen-bond donors (Lipinski definition) is 2. The molecule has 1 aromatic heterocycles. The summed E-state index contributed by atoms with van der Waals surface area (Å²) in [4.78, 5) is 34.0. The van der Waals surface area contributed by atoms with E-state index in [4.69, 9.17) is 9.57 Å². The van der Waals surface area contributed by atoms with Crippen molar-refractivity contribution in [2.45, 2.75) is 12.5 Å². The lowest BCUT2D eigenvalue weighted by Crippen LogP contribution is -2.38. The Morgan fingerprint density at radius 3 is 1.89 bits per heavy atom. The van der Waals surface area contributed by atoms with E-state index in [9.17, 15) is 9.59 Å². The number of nitrogens with one attached hydrogen (secondary N) is 2. The summed E-state index contributed by atoms with van der Waals surface area (Å²) in [6, 6.07) is 30.4. The zero-order chi connectivity index (χ0) is 26.8. The van der Waals surface area contributed by atoms with Gasteiger partial charge in [0.15, 0.2) is 11.7 Å². The molecule has 9 heteroatoms. The van der Waals surface area contributed by atoms with Crippen LogP contribution < -0.4 is 10.6 Å². The van der Waals surface area contributed by atoms with Crippen LogP contribution in [0.3, 0.4) is 0 Å². The summed E-state index contributed by atoms with van der Waals surface area (Å²) in [5.74, 6) is -1.07. The van der Waals surface area contributed by atoms with Gasteiger partial charge in [-0.05, 0) is 23.6 Å². The summed E-state index contributed by atoms with van der Waals surface area (Å²) >= 11 is 1.32. The third-order valence-corrected chi connectivity index (χ3v) is 6.52. The van der Waals surface area contributed by atoms with Crippen LogP contribution >= 0.6 is 11.3 Å². The lowest BCUT2D eigenvalue weighted by Gasteiger charge is -2.36. The summed E-state index contributed by atoms with van der Waals surface area (Å²) in [5, 5.41) is 12.2. The Kier molecular flexibility index (Phi) is 8.84. The number of rotatable bonds is 11. The Morgan fingerprint density at radius 2 is 1.42 bits per heavy atom. The minimum atomic E-state index is -0.782. The fourth-order valence-electron chi connectivity index (χ4n) is 4.00. The van der Waals surface area contributed by atoms with Gasteiger partial charge in [0.2, 0.25) is 5.71 Å². The van der Waals surface area contributed by atoms with Crippen LogP contribution in [0.25, 0.3) is 0 Å². The van der Waals surface area contributed by atoms with Crippen molar-refractivity contribution in [3.63, 3.8) is 0 Å². The first-order valence-electron chi connectivity index (χ1n) is 12.1. The average Bonchev–Trinajstić information content (AvgIpc) is 3.43. The second kappa shape index (κ2) is 12.6. The van der Waals surface area contributed by atoms with Crippen molar-refractivity contribution in [2.24, 2.45) is 5.16 Å². The van der Waals surface area contributed by atoms with E-state index in [1.54, 1.807) is 12.3 Å². The van der Waals surface area contributed by atoms with E-state index in [1.165, 1.54) is 18.4 Å². The van der Waals surface area contributed by atoms with E-state index in [2.05, 4.69) is 57.2 Å². The highest BCUT2D eigenvalue weighted by Crippen LogP contribution is 2.40. The fraction of sp³-hybridized carbons (Fsp3) is 0.172. The smallest absolute Gasteiger partial charge is 0.362 e. The van der Waals surface area contributed by atoms with Gasteiger partial charge in [-0.2, -0.15) is 0 Å². The first kappa shape index (κ1) is 26.6. The van der Waals surface area contributed by atoms with Gasteiger partial charge < -0.3 is 20.2 Å². The molecule has 3 aromatic carbocycles. The van der Waals surface area contributed by atoms with Crippen LogP contribution in [0.1, 0.15) is 29.3 Å². The topological polar surface area (TPSA) is 102 Å². The number of nitrogens with zero attached hydrogens (tertiary/aromatic N) is 2. The van der Waals surface area contributed by atoms with Gasteiger partial charge in [-0.15, -0.1) is 11.3 Å². The van der Waals surface area contributed by atoms with Crippen molar-refractivity contribution in [3.05, 3.63) is 119 Å². The molecule has 0 fully saturated rings. The molecule has 0 saturated carbocycles. The van der Waals surface area contributed by atoms with Gasteiger partial charge in [0.25, 0.3) is 5.91 Å². The van der Waals surface area contributed by atoms with Crippen molar-refractivity contribution >= 4 is 34.1 Å². The van der Waals surface area contributed by atoms with E-state index in [0.717, 1.165) is 16.7 Å². The Hall–Kier alpha value is -4.50. The van der Waals surface area contributed by atoms with Gasteiger partial charge in [0, 0.05) is 12.4 Å². The van der Waals surface area contributed by atoms with Crippen molar-refractivity contribution in [1.82, 2.24) is 10.3 Å². The Balaban J connectivity index is 1.79. The molecule has 0 aliphatic rings. The molecule has 0 unspecified atom stereocenters. The maximum Gasteiger partial charge on any atom is 0.362 e. The number of likely N-dealkylation sites (N-methyl/N-ethyl adjacent to an activating group) is 1. The van der Waals surface area contributed by atoms with Crippen LogP contribution in [0.4, 0.5) is 5.13 Å². The van der Waals surface area contributed by atoms with Crippen LogP contribution in [-0.2, 0) is 24.7 Å². The van der Waals surface area contributed by atoms with Gasteiger partial charge in [-0.3, -0.25) is 4.79 Å². The van der Waals surface area contributed by atoms with Crippen LogP contribution in [-0.4, -0.2) is 42.8 Å². The molecule has 0 bridgehead atoms. The molecule has 8 nitrogen and oxygen atoms in total. The maximum absolute atomic E-state index is 12.7. The molecule has 0 aliphatic heterocycles. The van der Waals surface area contributed by atoms with Crippen LogP contribution in [0.5, 0.6) is 0 Å². The van der Waals surface area contributed by atoms with E-state index in [0.29, 0.717) is 5.13 Å². The summed E-state index contributed by atoms with van der Waals surface area (Å²) in [6.07, 6.45) is 0. The Labute approximate surface area is 225 Å². The second-order valence-corrected chi connectivity index (χ2v) is 8.98. The molecule has 2 N–H and O–H groups in total. The summed E-state index contributed by atoms with van der Waals surface area (Å²) < 4.78 is 5.15. The molecule has 4 rings (SSSR count). The molecule has 0 radical (unpaired) electrons. The van der Waals surface area contributed by atoms with E-state index >= 15 is 0 Å². The number of oxime groups is 1. The summed E-state index contributed by atoms with van der Waals surface area (Å²) in [7, 11) is 1.48. The number of amides is 1. The highest BCUT2D eigenvalue weighted by atomic mass is 32.1. The molecule has 0 aliphatic carbocycles. The van der Waals surface area contributed by atoms with Gasteiger partial charge in [-0.1, -0.05) is 96.2 Å². The standard InChI is InChI=1S/C29H28N4O4S/c1-3-36-27(35)26(33-37-19-25(34)30-2)24-20-38-28(31-24)32-29(21-13-7-4-8-14-21,22-15-9-5-10-16-22)23-17-11-6-12-18-23/h4-18,20H,3,19H2,1-2H3,(H,30,34)(H,31,32)/b33-26-. The fourth-order valence-corrected chi connectivity index (χ4v) is 4.75. The van der Waals surface area contributed by atoms with Crippen LogP contribution in [0.15, 0.2) is 102 Å². The zero-order valence-corrected chi connectivity index (χ0v) is 21.9. The number of carbonyl (C=O) groups excluding carboxylic acids is 2. The van der Waals surface area contributed by atoms with Gasteiger partial charge in [-0.25, -0.2) is 9.78 Å². The Morgan fingerprint density at radius 1 is 0.895 bits per heavy atom. The molecule has 1 amide bonds. The number of esters is 1. The third-order valence-electron chi connectivity index (χ3n) is 5.76. The lowest BCUT2D eigenvalue weighted by molar-refractivity contribution is -0.135. The number of anilines is 1. The monoisotopic (exact) mass is 528 g/mol. The molecular weight excluding hydrogens is 500 g/mol. The van der Waals surface area contributed by atoms with E-state index < -0.39 is 11.5 Å². The first-order chi connectivity index (χ1) is 18.6. The minimum absolute atomic E-state index is 0.121. The van der Waals surface area contributed by atoms with Crippen molar-refractivity contribution in [3.8, 4) is 0 Å². The highest BCUT2D eigenvalue weighted by molar-refractivity contribution is 7.14. The van der Waals surface area contributed by atoms with Crippen molar-refractivity contribution in [1.29, 1.82) is 0 Å². The maximum atomic E-state index is 12.7. The third kappa shape index (κ3) is 5.90. The van der Waals surface area contributed by atoms with Gasteiger partial charge >= 0.3 is 5.97 Å². The molecule has 4 aromatic rings. The molecule has 1 heterocycles. The molecular formula is C29H28N4O4S. The normalized spacial score (nSPS) is 11.5. The van der Waals surface area contributed by atoms with E-state index in [1.807, 2.05) is 54.6 Å². The number of carbonyl (C=O) groups is 2. The molecule has 194 valence electrons. The quantitative estimate of drug-likeness (QED) is 0.128. The predicted octanol–water partition coefficient (Wildman–Crippen LogP) is 4.58. The average molecular weight is 529 g/mol. The molecule has 38 heavy (non-hydrogen) atoms. The van der Waals surface area contributed by atoms with Gasteiger partial charge in [0.05, 0.1) is 6.61 Å². The van der Waals surface area contributed by atoms with Gasteiger partial charge in [0.1, 0.15) is 11.2 Å². The predicted molar refractivity (Wildman–Crippen MR) is 148 cm³/mol. The summed E-state index contributed by atoms with van der Waals surface area (Å²) in [5.41, 5.74) is 2.42. The summed E-state index contributed by atoms with van der Waals surface area (Å²) in [6.45, 7) is 1.51. The number of ether oxygens (including phenoxy) is 1. The SMILES string of the molecule is CCOC(=O)/C(=N\OCC(=O)NC)c1csc(NC(c2ccccc2)(c2ccccc2)c2ccccc2)n1. The minimum Gasteiger partial charge on any atom is -0.461 e. The molecule has 0 atom stereocenters. The van der Waals surface area contributed by atoms with Crippen LogP contribution in [0.2, 0.25) is 0 Å². The first-order valence-corrected chi connectivity index (χ1v) is 12.9. The largest absolute Gasteiger partial charge is 0.461 e.